The summed E-state index contributed by atoms with van der Waals surface area (Å²) >= 11 is 0. The average Bonchev–Trinajstić information content (AvgIpc) is 2.74. The number of piperidine rings is 1. The molecule has 1 atom stereocenters. The highest BCUT2D eigenvalue weighted by Crippen LogP contribution is 2.19. The highest BCUT2D eigenvalue weighted by molar-refractivity contribution is 5.95. The van der Waals surface area contributed by atoms with Gasteiger partial charge in [0.05, 0.1) is 11.6 Å². The van der Waals surface area contributed by atoms with Crippen LogP contribution in [0.3, 0.4) is 0 Å². The van der Waals surface area contributed by atoms with E-state index in [0.29, 0.717) is 36.6 Å². The molecular weight excluding hydrogens is 354 g/mol. The van der Waals surface area contributed by atoms with Gasteiger partial charge < -0.3 is 16.0 Å². The summed E-state index contributed by atoms with van der Waals surface area (Å²) in [5, 5.41) is 11.9. The molecule has 3 rings (SSSR count). The first-order valence-electron chi connectivity index (χ1n) is 9.34. The van der Waals surface area contributed by atoms with Gasteiger partial charge in [0.25, 0.3) is 5.91 Å². The molecule has 2 aromatic rings. The zero-order chi connectivity index (χ0) is 19.9. The predicted molar refractivity (Wildman–Crippen MR) is 105 cm³/mol. The Labute approximate surface area is 164 Å². The number of amides is 2. The molecule has 1 aromatic carbocycles. The van der Waals surface area contributed by atoms with Gasteiger partial charge in [0.1, 0.15) is 11.8 Å². The van der Waals surface area contributed by atoms with Crippen molar-refractivity contribution >= 4 is 11.8 Å². The minimum Gasteiger partial charge on any atom is -0.369 e. The lowest BCUT2D eigenvalue weighted by Crippen LogP contribution is -2.44. The van der Waals surface area contributed by atoms with Crippen molar-refractivity contribution in [2.45, 2.75) is 12.8 Å². The van der Waals surface area contributed by atoms with Crippen LogP contribution in [0, 0.1) is 17.2 Å². The SMILES string of the molecule is N#Cc1cccc(-c2cccc(C(=O)NCCN3CCC[C@@H](C(N)=O)C3)c2)n1. The van der Waals surface area contributed by atoms with Crippen LogP contribution in [0.1, 0.15) is 28.9 Å². The molecule has 0 bridgehead atoms. The van der Waals surface area contributed by atoms with E-state index in [4.69, 9.17) is 11.0 Å². The van der Waals surface area contributed by atoms with E-state index in [1.54, 1.807) is 30.3 Å². The number of pyridine rings is 1. The van der Waals surface area contributed by atoms with Crippen molar-refractivity contribution in [2.75, 3.05) is 26.2 Å². The Morgan fingerprint density at radius 2 is 2.11 bits per heavy atom. The number of rotatable bonds is 6. The highest BCUT2D eigenvalue weighted by Gasteiger charge is 2.23. The van der Waals surface area contributed by atoms with Crippen LogP contribution in [-0.2, 0) is 4.79 Å². The van der Waals surface area contributed by atoms with Gasteiger partial charge in [-0.05, 0) is 43.7 Å². The number of nitrogens with zero attached hydrogens (tertiary/aromatic N) is 3. The van der Waals surface area contributed by atoms with Gasteiger partial charge in [-0.3, -0.25) is 9.59 Å². The van der Waals surface area contributed by atoms with E-state index in [-0.39, 0.29) is 17.7 Å². The Morgan fingerprint density at radius 1 is 1.29 bits per heavy atom. The number of benzene rings is 1. The number of nitrogens with one attached hydrogen (secondary N) is 1. The molecule has 0 radical (unpaired) electrons. The third kappa shape index (κ3) is 4.93. The van der Waals surface area contributed by atoms with E-state index in [1.807, 2.05) is 18.2 Å². The number of hydrogen-bond acceptors (Lipinski definition) is 5. The van der Waals surface area contributed by atoms with E-state index < -0.39 is 0 Å². The van der Waals surface area contributed by atoms with Crippen molar-refractivity contribution in [3.8, 4) is 17.3 Å². The number of aromatic nitrogens is 1. The van der Waals surface area contributed by atoms with Crippen LogP contribution in [0.15, 0.2) is 42.5 Å². The van der Waals surface area contributed by atoms with Crippen molar-refractivity contribution in [2.24, 2.45) is 11.7 Å². The lowest BCUT2D eigenvalue weighted by molar-refractivity contribution is -0.123. The van der Waals surface area contributed by atoms with E-state index in [9.17, 15) is 9.59 Å². The van der Waals surface area contributed by atoms with Crippen LogP contribution in [-0.4, -0.2) is 47.9 Å². The molecule has 1 aliphatic heterocycles. The minimum absolute atomic E-state index is 0.0993. The number of nitrogens with two attached hydrogens (primary N) is 1. The fourth-order valence-corrected chi connectivity index (χ4v) is 3.40. The topological polar surface area (TPSA) is 112 Å². The molecule has 144 valence electrons. The Balaban J connectivity index is 1.58. The molecule has 1 fully saturated rings. The average molecular weight is 377 g/mol. The summed E-state index contributed by atoms with van der Waals surface area (Å²) in [5.41, 5.74) is 7.71. The molecule has 0 spiro atoms. The van der Waals surface area contributed by atoms with Crippen molar-refractivity contribution in [1.29, 1.82) is 5.26 Å². The Kier molecular flexibility index (Phi) is 6.35. The monoisotopic (exact) mass is 377 g/mol. The van der Waals surface area contributed by atoms with Gasteiger partial charge in [0.2, 0.25) is 5.91 Å². The van der Waals surface area contributed by atoms with Gasteiger partial charge >= 0.3 is 0 Å². The number of carbonyl (C=O) groups is 2. The predicted octanol–water partition coefficient (Wildman–Crippen LogP) is 1.55. The van der Waals surface area contributed by atoms with E-state index in [0.717, 1.165) is 24.9 Å². The van der Waals surface area contributed by atoms with Gasteiger partial charge in [-0.2, -0.15) is 5.26 Å². The minimum atomic E-state index is -0.250. The summed E-state index contributed by atoms with van der Waals surface area (Å²) in [6.07, 6.45) is 1.78. The smallest absolute Gasteiger partial charge is 0.251 e. The van der Waals surface area contributed by atoms with Crippen LogP contribution >= 0.6 is 0 Å². The first-order valence-corrected chi connectivity index (χ1v) is 9.34. The summed E-state index contributed by atoms with van der Waals surface area (Å²) in [4.78, 5) is 30.3. The first-order chi connectivity index (χ1) is 13.6. The molecule has 0 aliphatic carbocycles. The van der Waals surface area contributed by atoms with Gasteiger partial charge in [0, 0.05) is 30.8 Å². The molecule has 1 aliphatic rings. The summed E-state index contributed by atoms with van der Waals surface area (Å²) in [5.74, 6) is -0.515. The number of likely N-dealkylation sites (tertiary alicyclic amines) is 1. The molecule has 3 N–H and O–H groups in total. The van der Waals surface area contributed by atoms with Gasteiger partial charge in [0.15, 0.2) is 0 Å². The Bertz CT molecular complexity index is 906. The third-order valence-electron chi connectivity index (χ3n) is 4.91. The quantitative estimate of drug-likeness (QED) is 0.793. The van der Waals surface area contributed by atoms with E-state index >= 15 is 0 Å². The second-order valence-corrected chi connectivity index (χ2v) is 6.90. The third-order valence-corrected chi connectivity index (χ3v) is 4.91. The maximum absolute atomic E-state index is 12.5. The van der Waals surface area contributed by atoms with Crippen LogP contribution in [0.25, 0.3) is 11.3 Å². The molecule has 2 amide bonds. The van der Waals surface area contributed by atoms with E-state index in [1.165, 1.54) is 0 Å². The van der Waals surface area contributed by atoms with Crippen molar-refractivity contribution in [3.05, 3.63) is 53.7 Å². The molecule has 0 unspecified atom stereocenters. The summed E-state index contributed by atoms with van der Waals surface area (Å²) in [7, 11) is 0. The summed E-state index contributed by atoms with van der Waals surface area (Å²) in [6.45, 7) is 2.75. The molecule has 7 heteroatoms. The zero-order valence-electron chi connectivity index (χ0n) is 15.6. The standard InChI is InChI=1S/C21H23N5O2/c22-13-18-7-2-8-19(25-18)15-4-1-5-16(12-15)21(28)24-9-11-26-10-3-6-17(14-26)20(23)27/h1-2,4-5,7-8,12,17H,3,6,9-11,14H2,(H2,23,27)(H,24,28)/t17-/m1/s1. The van der Waals surface area contributed by atoms with Crippen molar-refractivity contribution in [3.63, 3.8) is 0 Å². The maximum atomic E-state index is 12.5. The molecule has 0 saturated carbocycles. The second-order valence-electron chi connectivity index (χ2n) is 6.90. The molecule has 1 aromatic heterocycles. The number of nitriles is 1. The largest absolute Gasteiger partial charge is 0.369 e. The number of primary amides is 1. The molecule has 7 nitrogen and oxygen atoms in total. The fraction of sp³-hybridized carbons (Fsp3) is 0.333. The van der Waals surface area contributed by atoms with Gasteiger partial charge in [-0.25, -0.2) is 4.98 Å². The molecule has 2 heterocycles. The van der Waals surface area contributed by atoms with Crippen LogP contribution in [0.4, 0.5) is 0 Å². The summed E-state index contributed by atoms with van der Waals surface area (Å²) < 4.78 is 0. The Hall–Kier alpha value is -3.24. The Morgan fingerprint density at radius 3 is 2.89 bits per heavy atom. The number of hydrogen-bond donors (Lipinski definition) is 2. The number of carbonyl (C=O) groups excluding carboxylic acids is 2. The van der Waals surface area contributed by atoms with E-state index in [2.05, 4.69) is 15.2 Å². The summed E-state index contributed by atoms with van der Waals surface area (Å²) in [6, 6.07) is 14.4. The lowest BCUT2D eigenvalue weighted by atomic mass is 9.97. The molecular formula is C21H23N5O2. The normalized spacial score (nSPS) is 16.9. The van der Waals surface area contributed by atoms with Gasteiger partial charge in [-0.15, -0.1) is 0 Å². The molecule has 1 saturated heterocycles. The zero-order valence-corrected chi connectivity index (χ0v) is 15.6. The lowest BCUT2D eigenvalue weighted by Gasteiger charge is -2.31. The highest BCUT2D eigenvalue weighted by atomic mass is 16.2. The van der Waals surface area contributed by atoms with Crippen LogP contribution in [0.2, 0.25) is 0 Å². The van der Waals surface area contributed by atoms with Crippen molar-refractivity contribution < 1.29 is 9.59 Å². The molecule has 28 heavy (non-hydrogen) atoms. The van der Waals surface area contributed by atoms with Crippen molar-refractivity contribution in [1.82, 2.24) is 15.2 Å². The first kappa shape index (κ1) is 19.5. The van der Waals surface area contributed by atoms with Crippen LogP contribution < -0.4 is 11.1 Å². The van der Waals surface area contributed by atoms with Gasteiger partial charge in [-0.1, -0.05) is 18.2 Å². The fourth-order valence-electron chi connectivity index (χ4n) is 3.40. The maximum Gasteiger partial charge on any atom is 0.251 e. The second kappa shape index (κ2) is 9.11. The van der Waals surface area contributed by atoms with Crippen LogP contribution in [0.5, 0.6) is 0 Å².